The van der Waals surface area contributed by atoms with Crippen molar-refractivity contribution >= 4 is 15.9 Å². The Morgan fingerprint density at radius 1 is 1.36 bits per heavy atom. The highest BCUT2D eigenvalue weighted by molar-refractivity contribution is 7.88. The topological polar surface area (TPSA) is 84.9 Å². The molecule has 0 unspecified atom stereocenters. The van der Waals surface area contributed by atoms with E-state index in [1.54, 1.807) is 18.1 Å². The Morgan fingerprint density at radius 2 is 2.05 bits per heavy atom. The van der Waals surface area contributed by atoms with Crippen LogP contribution in [0, 0.1) is 0 Å². The summed E-state index contributed by atoms with van der Waals surface area (Å²) in [6, 6.07) is 7.30. The zero-order valence-corrected chi connectivity index (χ0v) is 13.4. The maximum atomic E-state index is 11.8. The standard InChI is InChI=1S/C14H20N2O5S/c1-20-11-4-3-5-12(8-11)21-13-9-16(10-13)14(17)6-7-15-22(2,18)19/h3-5,8,13,15H,6-7,9-10H2,1-2H3. The number of carbonyl (C=O) groups excluding carboxylic acids is 1. The third kappa shape index (κ3) is 4.88. The molecule has 122 valence electrons. The molecule has 1 fully saturated rings. The largest absolute Gasteiger partial charge is 0.497 e. The number of amides is 1. The molecule has 0 radical (unpaired) electrons. The van der Waals surface area contributed by atoms with Gasteiger partial charge in [-0.2, -0.15) is 0 Å². The summed E-state index contributed by atoms with van der Waals surface area (Å²) >= 11 is 0. The first-order chi connectivity index (χ1) is 10.4. The molecule has 0 saturated carbocycles. The second-order valence-electron chi connectivity index (χ2n) is 5.13. The van der Waals surface area contributed by atoms with Gasteiger partial charge in [-0.1, -0.05) is 6.07 Å². The van der Waals surface area contributed by atoms with Crippen molar-refractivity contribution in [3.05, 3.63) is 24.3 Å². The van der Waals surface area contributed by atoms with Crippen LogP contribution in [-0.2, 0) is 14.8 Å². The second-order valence-corrected chi connectivity index (χ2v) is 6.97. The number of rotatable bonds is 7. The first-order valence-corrected chi connectivity index (χ1v) is 8.79. The van der Waals surface area contributed by atoms with Gasteiger partial charge in [0.05, 0.1) is 26.5 Å². The number of benzene rings is 1. The van der Waals surface area contributed by atoms with Gasteiger partial charge in [0.25, 0.3) is 0 Å². The summed E-state index contributed by atoms with van der Waals surface area (Å²) in [6.07, 6.45) is 1.18. The highest BCUT2D eigenvalue weighted by atomic mass is 32.2. The third-order valence-corrected chi connectivity index (χ3v) is 3.98. The van der Waals surface area contributed by atoms with Crippen molar-refractivity contribution in [3.63, 3.8) is 0 Å². The Balaban J connectivity index is 1.71. The molecule has 1 aliphatic heterocycles. The Kier molecular flexibility index (Phi) is 5.25. The fourth-order valence-electron chi connectivity index (χ4n) is 2.08. The smallest absolute Gasteiger partial charge is 0.224 e. The summed E-state index contributed by atoms with van der Waals surface area (Å²) < 4.78 is 35.0. The van der Waals surface area contributed by atoms with Crippen LogP contribution in [-0.4, -0.2) is 58.3 Å². The van der Waals surface area contributed by atoms with Gasteiger partial charge in [0.1, 0.15) is 17.6 Å². The number of methoxy groups -OCH3 is 1. The quantitative estimate of drug-likeness (QED) is 0.774. The maximum absolute atomic E-state index is 11.8. The summed E-state index contributed by atoms with van der Waals surface area (Å²) in [5.41, 5.74) is 0. The van der Waals surface area contributed by atoms with Gasteiger partial charge in [0, 0.05) is 19.0 Å². The van der Waals surface area contributed by atoms with Crippen LogP contribution in [0.4, 0.5) is 0 Å². The van der Waals surface area contributed by atoms with Crippen LogP contribution in [0.5, 0.6) is 11.5 Å². The summed E-state index contributed by atoms with van der Waals surface area (Å²) in [7, 11) is -1.66. The Hall–Kier alpha value is -1.80. The van der Waals surface area contributed by atoms with Crippen molar-refractivity contribution in [3.8, 4) is 11.5 Å². The number of hydrogen-bond donors (Lipinski definition) is 1. The van der Waals surface area contributed by atoms with Crippen molar-refractivity contribution in [1.82, 2.24) is 9.62 Å². The van der Waals surface area contributed by atoms with Crippen LogP contribution in [0.1, 0.15) is 6.42 Å². The van der Waals surface area contributed by atoms with E-state index in [9.17, 15) is 13.2 Å². The molecule has 1 aromatic carbocycles. The molecular weight excluding hydrogens is 308 g/mol. The van der Waals surface area contributed by atoms with E-state index < -0.39 is 10.0 Å². The minimum atomic E-state index is -3.25. The molecule has 1 amide bonds. The molecule has 0 spiro atoms. The van der Waals surface area contributed by atoms with Gasteiger partial charge in [-0.3, -0.25) is 4.79 Å². The van der Waals surface area contributed by atoms with Crippen LogP contribution >= 0.6 is 0 Å². The molecule has 1 aliphatic rings. The highest BCUT2D eigenvalue weighted by Gasteiger charge is 2.31. The number of sulfonamides is 1. The van der Waals surface area contributed by atoms with E-state index in [0.717, 1.165) is 12.0 Å². The van der Waals surface area contributed by atoms with Crippen molar-refractivity contribution in [1.29, 1.82) is 0 Å². The molecule has 1 heterocycles. The van der Waals surface area contributed by atoms with E-state index >= 15 is 0 Å². The summed E-state index contributed by atoms with van der Waals surface area (Å²) in [6.45, 7) is 1.14. The molecule has 0 atom stereocenters. The fraction of sp³-hybridized carbons (Fsp3) is 0.500. The van der Waals surface area contributed by atoms with E-state index in [1.165, 1.54) is 0 Å². The van der Waals surface area contributed by atoms with Crippen molar-refractivity contribution in [2.24, 2.45) is 0 Å². The lowest BCUT2D eigenvalue weighted by Gasteiger charge is -2.39. The lowest BCUT2D eigenvalue weighted by atomic mass is 10.1. The third-order valence-electron chi connectivity index (χ3n) is 3.25. The number of nitrogens with one attached hydrogen (secondary N) is 1. The maximum Gasteiger partial charge on any atom is 0.224 e. The molecule has 8 heteroatoms. The van der Waals surface area contributed by atoms with Crippen LogP contribution < -0.4 is 14.2 Å². The molecule has 1 N–H and O–H groups in total. The molecular formula is C14H20N2O5S. The first kappa shape index (κ1) is 16.6. The molecule has 2 rings (SSSR count). The van der Waals surface area contributed by atoms with Crippen LogP contribution in [0.3, 0.4) is 0 Å². The average Bonchev–Trinajstić information content (AvgIpc) is 2.41. The summed E-state index contributed by atoms with van der Waals surface area (Å²) in [5, 5.41) is 0. The minimum absolute atomic E-state index is 0.0427. The van der Waals surface area contributed by atoms with Gasteiger partial charge in [0.15, 0.2) is 0 Å². The van der Waals surface area contributed by atoms with Gasteiger partial charge >= 0.3 is 0 Å². The Labute approximate surface area is 130 Å². The van der Waals surface area contributed by atoms with E-state index in [4.69, 9.17) is 9.47 Å². The lowest BCUT2D eigenvalue weighted by Crippen LogP contribution is -2.56. The number of nitrogens with zero attached hydrogens (tertiary/aromatic N) is 1. The fourth-order valence-corrected chi connectivity index (χ4v) is 2.56. The average molecular weight is 328 g/mol. The highest BCUT2D eigenvalue weighted by Crippen LogP contribution is 2.22. The first-order valence-electron chi connectivity index (χ1n) is 6.90. The minimum Gasteiger partial charge on any atom is -0.497 e. The van der Waals surface area contributed by atoms with E-state index in [1.807, 2.05) is 18.2 Å². The summed E-state index contributed by atoms with van der Waals surface area (Å²) in [4.78, 5) is 13.5. The van der Waals surface area contributed by atoms with Gasteiger partial charge in [-0.15, -0.1) is 0 Å². The van der Waals surface area contributed by atoms with Crippen molar-refractivity contribution in [2.45, 2.75) is 12.5 Å². The SMILES string of the molecule is COc1cccc(OC2CN(C(=O)CCNS(C)(=O)=O)C2)c1. The van der Waals surface area contributed by atoms with E-state index in [2.05, 4.69) is 4.72 Å². The molecule has 0 bridgehead atoms. The van der Waals surface area contributed by atoms with Crippen molar-refractivity contribution in [2.75, 3.05) is 33.0 Å². The second kappa shape index (κ2) is 6.97. The van der Waals surface area contributed by atoms with Gasteiger partial charge in [-0.25, -0.2) is 13.1 Å². The number of likely N-dealkylation sites (tertiary alicyclic amines) is 1. The molecule has 1 aromatic rings. The predicted molar refractivity (Wildman–Crippen MR) is 81.5 cm³/mol. The number of ether oxygens (including phenoxy) is 2. The number of carbonyl (C=O) groups is 1. The van der Waals surface area contributed by atoms with Crippen LogP contribution in [0.2, 0.25) is 0 Å². The normalized spacial score (nSPS) is 15.3. The van der Waals surface area contributed by atoms with E-state index in [0.29, 0.717) is 18.8 Å². The van der Waals surface area contributed by atoms with Crippen LogP contribution in [0.25, 0.3) is 0 Å². The zero-order chi connectivity index (χ0) is 16.2. The molecule has 22 heavy (non-hydrogen) atoms. The summed E-state index contributed by atoms with van der Waals surface area (Å²) in [5.74, 6) is 1.34. The predicted octanol–water partition coefficient (Wildman–Crippen LogP) is 0.224. The Bertz CT molecular complexity index is 626. The lowest BCUT2D eigenvalue weighted by molar-refractivity contribution is -0.139. The monoisotopic (exact) mass is 328 g/mol. The van der Waals surface area contributed by atoms with Crippen LogP contribution in [0.15, 0.2) is 24.3 Å². The molecule has 7 nitrogen and oxygen atoms in total. The van der Waals surface area contributed by atoms with Crippen molar-refractivity contribution < 1.29 is 22.7 Å². The molecule has 0 aliphatic carbocycles. The van der Waals surface area contributed by atoms with Gasteiger partial charge in [-0.05, 0) is 12.1 Å². The molecule has 0 aromatic heterocycles. The molecule has 1 saturated heterocycles. The van der Waals surface area contributed by atoms with E-state index in [-0.39, 0.29) is 25.0 Å². The number of hydrogen-bond acceptors (Lipinski definition) is 5. The van der Waals surface area contributed by atoms with Gasteiger partial charge < -0.3 is 14.4 Å². The Morgan fingerprint density at radius 3 is 2.68 bits per heavy atom. The zero-order valence-electron chi connectivity index (χ0n) is 12.6. The van der Waals surface area contributed by atoms with Gasteiger partial charge in [0.2, 0.25) is 15.9 Å².